The summed E-state index contributed by atoms with van der Waals surface area (Å²) in [5.74, 6) is 3.21. The number of nitrogen functional groups attached to an aromatic ring is 1. The zero-order valence-electron chi connectivity index (χ0n) is 6.82. The van der Waals surface area contributed by atoms with Crippen LogP contribution in [0.1, 0.15) is 24.5 Å². The molecule has 1 aromatic rings. The molecule has 66 valence electrons. The molecule has 2 N–H and O–H groups in total. The standard InChI is InChI=1S/C8H12N2S2/c9-8-10-7(5-12-8)6-2-1-3-11-4-6/h5-6H,1-4H2,(H2,9,10). The van der Waals surface area contributed by atoms with Crippen molar-refractivity contribution in [3.63, 3.8) is 0 Å². The highest BCUT2D eigenvalue weighted by atomic mass is 32.2. The van der Waals surface area contributed by atoms with Crippen molar-refractivity contribution in [1.82, 2.24) is 4.98 Å². The summed E-state index contributed by atoms with van der Waals surface area (Å²) in [4.78, 5) is 4.32. The third kappa shape index (κ3) is 1.75. The molecule has 0 saturated carbocycles. The van der Waals surface area contributed by atoms with Gasteiger partial charge in [0.05, 0.1) is 5.69 Å². The molecule has 0 aliphatic carbocycles. The Labute approximate surface area is 80.6 Å². The molecule has 0 bridgehead atoms. The van der Waals surface area contributed by atoms with E-state index < -0.39 is 0 Å². The van der Waals surface area contributed by atoms with Gasteiger partial charge in [-0.2, -0.15) is 11.8 Å². The molecule has 1 unspecified atom stereocenters. The Morgan fingerprint density at radius 1 is 1.58 bits per heavy atom. The fourth-order valence-corrected chi connectivity index (χ4v) is 3.27. The van der Waals surface area contributed by atoms with Gasteiger partial charge in [0.1, 0.15) is 0 Å². The van der Waals surface area contributed by atoms with Crippen molar-refractivity contribution in [3.05, 3.63) is 11.1 Å². The summed E-state index contributed by atoms with van der Waals surface area (Å²) in [5.41, 5.74) is 6.80. The lowest BCUT2D eigenvalue weighted by Gasteiger charge is -2.18. The maximum absolute atomic E-state index is 5.59. The minimum atomic E-state index is 0.664. The molecule has 0 radical (unpaired) electrons. The van der Waals surface area contributed by atoms with Crippen LogP contribution in [0.5, 0.6) is 0 Å². The third-order valence-corrected chi connectivity index (χ3v) is 4.03. The van der Waals surface area contributed by atoms with Crippen LogP contribution >= 0.6 is 23.1 Å². The highest BCUT2D eigenvalue weighted by molar-refractivity contribution is 7.99. The molecular formula is C8H12N2S2. The average molecular weight is 200 g/mol. The highest BCUT2D eigenvalue weighted by Gasteiger charge is 2.17. The number of thiazole rings is 1. The van der Waals surface area contributed by atoms with E-state index in [1.165, 1.54) is 30.0 Å². The second kappa shape index (κ2) is 3.66. The average Bonchev–Trinajstić information content (AvgIpc) is 2.54. The molecular weight excluding hydrogens is 188 g/mol. The first-order valence-electron chi connectivity index (χ1n) is 4.15. The van der Waals surface area contributed by atoms with Gasteiger partial charge in [-0.3, -0.25) is 0 Å². The lowest BCUT2D eigenvalue weighted by molar-refractivity contribution is 0.647. The zero-order chi connectivity index (χ0) is 8.39. The molecule has 4 heteroatoms. The lowest BCUT2D eigenvalue weighted by Crippen LogP contribution is -2.08. The number of hydrogen-bond acceptors (Lipinski definition) is 4. The van der Waals surface area contributed by atoms with E-state index in [9.17, 15) is 0 Å². The highest BCUT2D eigenvalue weighted by Crippen LogP contribution is 2.31. The van der Waals surface area contributed by atoms with Crippen LogP contribution < -0.4 is 5.73 Å². The van der Waals surface area contributed by atoms with Crippen LogP contribution in [-0.2, 0) is 0 Å². The monoisotopic (exact) mass is 200 g/mol. The van der Waals surface area contributed by atoms with Crippen LogP contribution in [0.2, 0.25) is 0 Å². The Bertz CT molecular complexity index is 253. The zero-order valence-corrected chi connectivity index (χ0v) is 8.46. The van der Waals surface area contributed by atoms with Gasteiger partial charge in [0.25, 0.3) is 0 Å². The van der Waals surface area contributed by atoms with Gasteiger partial charge in [-0.25, -0.2) is 4.98 Å². The first-order valence-corrected chi connectivity index (χ1v) is 6.18. The van der Waals surface area contributed by atoms with Gasteiger partial charge >= 0.3 is 0 Å². The molecule has 0 amide bonds. The van der Waals surface area contributed by atoms with Crippen LogP contribution in [0.4, 0.5) is 5.13 Å². The van der Waals surface area contributed by atoms with Crippen molar-refractivity contribution in [1.29, 1.82) is 0 Å². The van der Waals surface area contributed by atoms with Gasteiger partial charge in [-0.15, -0.1) is 11.3 Å². The SMILES string of the molecule is Nc1nc(C2CCCSC2)cs1. The second-order valence-electron chi connectivity index (χ2n) is 3.02. The van der Waals surface area contributed by atoms with E-state index in [2.05, 4.69) is 10.4 Å². The third-order valence-electron chi connectivity index (χ3n) is 2.12. The van der Waals surface area contributed by atoms with E-state index in [0.29, 0.717) is 11.0 Å². The Hall–Kier alpha value is -0.220. The molecule has 2 heterocycles. The van der Waals surface area contributed by atoms with E-state index in [4.69, 9.17) is 5.73 Å². The molecule has 1 atom stereocenters. The van der Waals surface area contributed by atoms with Crippen molar-refractivity contribution in [2.75, 3.05) is 17.2 Å². The van der Waals surface area contributed by atoms with Crippen LogP contribution in [0.25, 0.3) is 0 Å². The molecule has 2 nitrogen and oxygen atoms in total. The van der Waals surface area contributed by atoms with E-state index >= 15 is 0 Å². The summed E-state index contributed by atoms with van der Waals surface area (Å²) in [6.45, 7) is 0. The summed E-state index contributed by atoms with van der Waals surface area (Å²) < 4.78 is 0. The molecule has 0 aromatic carbocycles. The van der Waals surface area contributed by atoms with Crippen molar-refractivity contribution < 1.29 is 0 Å². The van der Waals surface area contributed by atoms with Crippen LogP contribution in [-0.4, -0.2) is 16.5 Å². The first kappa shape index (κ1) is 8.38. The molecule has 1 saturated heterocycles. The van der Waals surface area contributed by atoms with Gasteiger partial charge in [-0.05, 0) is 18.6 Å². The molecule has 1 aromatic heterocycles. The number of aromatic nitrogens is 1. The maximum Gasteiger partial charge on any atom is 0.180 e. The predicted molar refractivity (Wildman–Crippen MR) is 55.8 cm³/mol. The molecule has 0 spiro atoms. The topological polar surface area (TPSA) is 38.9 Å². The summed E-state index contributed by atoms with van der Waals surface area (Å²) in [6.07, 6.45) is 2.61. The number of nitrogens with two attached hydrogens (primary N) is 1. The predicted octanol–water partition coefficient (Wildman–Crippen LogP) is 2.34. The first-order chi connectivity index (χ1) is 5.86. The minimum Gasteiger partial charge on any atom is -0.375 e. The quantitative estimate of drug-likeness (QED) is 0.756. The maximum atomic E-state index is 5.59. The van der Waals surface area contributed by atoms with E-state index in [1.54, 1.807) is 11.3 Å². The van der Waals surface area contributed by atoms with Gasteiger partial charge in [-0.1, -0.05) is 0 Å². The Morgan fingerprint density at radius 3 is 3.08 bits per heavy atom. The van der Waals surface area contributed by atoms with Crippen molar-refractivity contribution >= 4 is 28.2 Å². The minimum absolute atomic E-state index is 0.664. The van der Waals surface area contributed by atoms with E-state index in [0.717, 1.165) is 0 Å². The summed E-state index contributed by atoms with van der Waals surface area (Å²) in [6, 6.07) is 0. The van der Waals surface area contributed by atoms with Crippen LogP contribution in [0.15, 0.2) is 5.38 Å². The largest absolute Gasteiger partial charge is 0.375 e. The summed E-state index contributed by atoms with van der Waals surface area (Å²) in [7, 11) is 0. The number of thioether (sulfide) groups is 1. The van der Waals surface area contributed by atoms with Crippen molar-refractivity contribution in [2.45, 2.75) is 18.8 Å². The molecule has 12 heavy (non-hydrogen) atoms. The molecule has 1 aliphatic heterocycles. The number of nitrogens with zero attached hydrogens (tertiary/aromatic N) is 1. The van der Waals surface area contributed by atoms with E-state index in [1.807, 2.05) is 11.8 Å². The normalized spacial score (nSPS) is 24.2. The number of hydrogen-bond donors (Lipinski definition) is 1. The Balaban J connectivity index is 2.08. The summed E-state index contributed by atoms with van der Waals surface area (Å²) in [5, 5.41) is 2.81. The summed E-state index contributed by atoms with van der Waals surface area (Å²) >= 11 is 3.59. The number of anilines is 1. The Morgan fingerprint density at radius 2 is 2.50 bits per heavy atom. The second-order valence-corrected chi connectivity index (χ2v) is 5.06. The Kier molecular flexibility index (Phi) is 2.56. The van der Waals surface area contributed by atoms with E-state index in [-0.39, 0.29) is 0 Å². The molecule has 2 rings (SSSR count). The van der Waals surface area contributed by atoms with Crippen molar-refractivity contribution in [3.8, 4) is 0 Å². The van der Waals surface area contributed by atoms with Crippen LogP contribution in [0.3, 0.4) is 0 Å². The van der Waals surface area contributed by atoms with Gasteiger partial charge in [0.15, 0.2) is 5.13 Å². The van der Waals surface area contributed by atoms with Gasteiger partial charge < -0.3 is 5.73 Å². The molecule has 1 fully saturated rings. The van der Waals surface area contributed by atoms with Gasteiger partial charge in [0.2, 0.25) is 0 Å². The molecule has 1 aliphatic rings. The lowest BCUT2D eigenvalue weighted by atomic mass is 10.0. The fraction of sp³-hybridized carbons (Fsp3) is 0.625. The number of rotatable bonds is 1. The van der Waals surface area contributed by atoms with Crippen molar-refractivity contribution in [2.24, 2.45) is 0 Å². The smallest absolute Gasteiger partial charge is 0.180 e. The van der Waals surface area contributed by atoms with Gasteiger partial charge in [0, 0.05) is 17.1 Å². The fourth-order valence-electron chi connectivity index (χ4n) is 1.46. The van der Waals surface area contributed by atoms with Crippen LogP contribution in [0, 0.1) is 0 Å².